The van der Waals surface area contributed by atoms with E-state index in [1.54, 1.807) is 0 Å². The van der Waals surface area contributed by atoms with Crippen LogP contribution in [0.15, 0.2) is 24.3 Å². The summed E-state index contributed by atoms with van der Waals surface area (Å²) in [5.41, 5.74) is 1.75. The van der Waals surface area contributed by atoms with Gasteiger partial charge >= 0.3 is 0 Å². The molecule has 1 aromatic rings. The Morgan fingerprint density at radius 1 is 1.29 bits per heavy atom. The van der Waals surface area contributed by atoms with Crippen molar-refractivity contribution in [2.45, 2.75) is 26.3 Å². The van der Waals surface area contributed by atoms with Gasteiger partial charge in [-0.1, -0.05) is 19.9 Å². The summed E-state index contributed by atoms with van der Waals surface area (Å²) in [5.74, 6) is 0.604. The fourth-order valence-electron chi connectivity index (χ4n) is 3.09. The van der Waals surface area contributed by atoms with Gasteiger partial charge in [-0.2, -0.15) is 0 Å². The normalized spacial score (nSPS) is 16.9. The van der Waals surface area contributed by atoms with E-state index in [1.165, 1.54) is 0 Å². The molecule has 1 fully saturated rings. The average molecular weight is 333 g/mol. The molecule has 1 aromatic carbocycles. The quantitative estimate of drug-likeness (QED) is 0.831. The van der Waals surface area contributed by atoms with Crippen molar-refractivity contribution in [1.29, 1.82) is 0 Å². The molecule has 1 amide bonds. The first-order valence-electron chi connectivity index (χ1n) is 8.84. The Morgan fingerprint density at radius 3 is 2.62 bits per heavy atom. The number of amides is 1. The SMILES string of the molecule is CC(C)CC(CNC(=O)c1cccc(N(C)C)c1)N1CCOCC1. The highest BCUT2D eigenvalue weighted by molar-refractivity contribution is 5.95. The largest absolute Gasteiger partial charge is 0.379 e. The monoisotopic (exact) mass is 333 g/mol. The standard InChI is InChI=1S/C19H31N3O2/c1-15(2)12-18(22-8-10-24-11-9-22)14-20-19(23)16-6-5-7-17(13-16)21(3)4/h5-7,13,15,18H,8-12,14H2,1-4H3,(H,20,23). The second-order valence-corrected chi connectivity index (χ2v) is 7.09. The number of anilines is 1. The molecule has 5 heteroatoms. The van der Waals surface area contributed by atoms with E-state index in [4.69, 9.17) is 4.74 Å². The maximum atomic E-state index is 12.5. The molecule has 0 spiro atoms. The number of carbonyl (C=O) groups excluding carboxylic acids is 1. The van der Waals surface area contributed by atoms with Crippen molar-refractivity contribution >= 4 is 11.6 Å². The zero-order chi connectivity index (χ0) is 17.5. The fraction of sp³-hybridized carbons (Fsp3) is 0.632. The van der Waals surface area contributed by atoms with Crippen LogP contribution in [0.5, 0.6) is 0 Å². The van der Waals surface area contributed by atoms with E-state index in [2.05, 4.69) is 24.1 Å². The molecular formula is C19H31N3O2. The molecule has 24 heavy (non-hydrogen) atoms. The minimum atomic E-state index is 0.000663. The molecule has 134 valence electrons. The van der Waals surface area contributed by atoms with E-state index in [0.29, 0.717) is 24.1 Å². The summed E-state index contributed by atoms with van der Waals surface area (Å²) in [6.45, 7) is 8.61. The summed E-state index contributed by atoms with van der Waals surface area (Å²) in [6.07, 6.45) is 1.08. The zero-order valence-corrected chi connectivity index (χ0v) is 15.4. The lowest BCUT2D eigenvalue weighted by Gasteiger charge is -2.35. The van der Waals surface area contributed by atoms with E-state index in [1.807, 2.05) is 43.3 Å². The van der Waals surface area contributed by atoms with Crippen molar-refractivity contribution in [3.63, 3.8) is 0 Å². The van der Waals surface area contributed by atoms with Crippen LogP contribution in [0.2, 0.25) is 0 Å². The second kappa shape index (κ2) is 9.04. The molecule has 0 saturated carbocycles. The highest BCUT2D eigenvalue weighted by Crippen LogP contribution is 2.15. The van der Waals surface area contributed by atoms with Crippen molar-refractivity contribution in [3.05, 3.63) is 29.8 Å². The predicted molar refractivity (Wildman–Crippen MR) is 98.7 cm³/mol. The van der Waals surface area contributed by atoms with Gasteiger partial charge in [0.2, 0.25) is 0 Å². The minimum Gasteiger partial charge on any atom is -0.379 e. The number of benzene rings is 1. The van der Waals surface area contributed by atoms with Crippen molar-refractivity contribution in [3.8, 4) is 0 Å². The number of nitrogens with zero attached hydrogens (tertiary/aromatic N) is 2. The Hall–Kier alpha value is -1.59. The van der Waals surface area contributed by atoms with E-state index in [9.17, 15) is 4.79 Å². The average Bonchev–Trinajstić information content (AvgIpc) is 2.58. The number of ether oxygens (including phenoxy) is 1. The van der Waals surface area contributed by atoms with Gasteiger partial charge in [0.1, 0.15) is 0 Å². The van der Waals surface area contributed by atoms with Gasteiger partial charge in [-0.25, -0.2) is 0 Å². The fourth-order valence-corrected chi connectivity index (χ4v) is 3.09. The predicted octanol–water partition coefficient (Wildman–Crippen LogP) is 2.23. The molecule has 0 bridgehead atoms. The highest BCUT2D eigenvalue weighted by Gasteiger charge is 2.22. The minimum absolute atomic E-state index is 0.000663. The van der Waals surface area contributed by atoms with Crippen LogP contribution in [0.1, 0.15) is 30.6 Å². The van der Waals surface area contributed by atoms with E-state index in [-0.39, 0.29) is 5.91 Å². The van der Waals surface area contributed by atoms with Crippen LogP contribution in [0.4, 0.5) is 5.69 Å². The van der Waals surface area contributed by atoms with Gasteiger partial charge in [0.25, 0.3) is 5.91 Å². The lowest BCUT2D eigenvalue weighted by molar-refractivity contribution is 0.0124. The maximum absolute atomic E-state index is 12.5. The topological polar surface area (TPSA) is 44.8 Å². The Kier molecular flexibility index (Phi) is 7.06. The summed E-state index contributed by atoms with van der Waals surface area (Å²) in [4.78, 5) is 17.0. The molecule has 5 nitrogen and oxygen atoms in total. The Labute approximate surface area is 146 Å². The number of hydrogen-bond donors (Lipinski definition) is 1. The second-order valence-electron chi connectivity index (χ2n) is 7.09. The molecular weight excluding hydrogens is 302 g/mol. The number of morpholine rings is 1. The van der Waals surface area contributed by atoms with Gasteiger partial charge in [0, 0.05) is 51.0 Å². The van der Waals surface area contributed by atoms with Gasteiger partial charge in [-0.3, -0.25) is 9.69 Å². The first-order valence-corrected chi connectivity index (χ1v) is 8.84. The maximum Gasteiger partial charge on any atom is 0.251 e. The van der Waals surface area contributed by atoms with Gasteiger partial charge < -0.3 is 15.0 Å². The Morgan fingerprint density at radius 2 is 2.00 bits per heavy atom. The van der Waals surface area contributed by atoms with E-state index in [0.717, 1.165) is 38.4 Å². The molecule has 1 heterocycles. The number of nitrogens with one attached hydrogen (secondary N) is 1. The van der Waals surface area contributed by atoms with Crippen molar-refractivity contribution < 1.29 is 9.53 Å². The summed E-state index contributed by atoms with van der Waals surface area (Å²) in [6, 6.07) is 8.11. The first kappa shape index (κ1) is 18.7. The molecule has 1 unspecified atom stereocenters. The van der Waals surface area contributed by atoms with Gasteiger partial charge in [0.05, 0.1) is 13.2 Å². The van der Waals surface area contributed by atoms with Crippen molar-refractivity contribution in [2.24, 2.45) is 5.92 Å². The number of rotatable bonds is 7. The van der Waals surface area contributed by atoms with Crippen LogP contribution in [-0.2, 0) is 4.74 Å². The summed E-state index contributed by atoms with van der Waals surface area (Å²) < 4.78 is 5.45. The highest BCUT2D eigenvalue weighted by atomic mass is 16.5. The summed E-state index contributed by atoms with van der Waals surface area (Å²) in [7, 11) is 3.96. The number of hydrogen-bond acceptors (Lipinski definition) is 4. The third kappa shape index (κ3) is 5.49. The third-order valence-electron chi connectivity index (χ3n) is 4.43. The molecule has 1 saturated heterocycles. The van der Waals surface area contributed by atoms with Crippen LogP contribution in [0.25, 0.3) is 0 Å². The molecule has 1 aliphatic rings. The van der Waals surface area contributed by atoms with Crippen LogP contribution in [0.3, 0.4) is 0 Å². The lowest BCUT2D eigenvalue weighted by Crippen LogP contribution is -2.49. The molecule has 2 rings (SSSR count). The Balaban J connectivity index is 1.97. The van der Waals surface area contributed by atoms with Crippen LogP contribution in [-0.4, -0.2) is 63.8 Å². The number of carbonyl (C=O) groups is 1. The van der Waals surface area contributed by atoms with Crippen LogP contribution < -0.4 is 10.2 Å². The van der Waals surface area contributed by atoms with Gasteiger partial charge in [-0.05, 0) is 30.5 Å². The van der Waals surface area contributed by atoms with Crippen molar-refractivity contribution in [2.75, 3.05) is 51.8 Å². The molecule has 1 atom stereocenters. The zero-order valence-electron chi connectivity index (χ0n) is 15.4. The lowest BCUT2D eigenvalue weighted by atomic mass is 10.0. The third-order valence-corrected chi connectivity index (χ3v) is 4.43. The van der Waals surface area contributed by atoms with E-state index >= 15 is 0 Å². The van der Waals surface area contributed by atoms with Gasteiger partial charge in [0.15, 0.2) is 0 Å². The molecule has 0 radical (unpaired) electrons. The molecule has 1 aliphatic heterocycles. The van der Waals surface area contributed by atoms with Crippen LogP contribution >= 0.6 is 0 Å². The molecule has 0 aromatic heterocycles. The van der Waals surface area contributed by atoms with Crippen LogP contribution in [0, 0.1) is 5.92 Å². The van der Waals surface area contributed by atoms with E-state index < -0.39 is 0 Å². The first-order chi connectivity index (χ1) is 11.5. The molecule has 0 aliphatic carbocycles. The Bertz CT molecular complexity index is 525. The summed E-state index contributed by atoms with van der Waals surface area (Å²) >= 11 is 0. The van der Waals surface area contributed by atoms with Gasteiger partial charge in [-0.15, -0.1) is 0 Å². The van der Waals surface area contributed by atoms with Crippen molar-refractivity contribution in [1.82, 2.24) is 10.2 Å². The smallest absolute Gasteiger partial charge is 0.251 e. The molecule has 1 N–H and O–H groups in total. The summed E-state index contributed by atoms with van der Waals surface area (Å²) in [5, 5.41) is 3.13.